The SMILES string of the molecule is CCOc1ccc(-c2cnc(NC#N)nc2)cc1. The van der Waals surface area contributed by atoms with Gasteiger partial charge in [-0.2, -0.15) is 5.26 Å². The highest BCUT2D eigenvalue weighted by Gasteiger charge is 2.00. The van der Waals surface area contributed by atoms with Crippen LogP contribution in [0.5, 0.6) is 5.75 Å². The summed E-state index contributed by atoms with van der Waals surface area (Å²) in [5, 5.41) is 10.8. The molecule has 1 aromatic carbocycles. The molecule has 0 aliphatic rings. The number of ether oxygens (including phenoxy) is 1. The van der Waals surface area contributed by atoms with Gasteiger partial charge < -0.3 is 4.74 Å². The molecule has 2 rings (SSSR count). The number of anilines is 1. The lowest BCUT2D eigenvalue weighted by Crippen LogP contribution is -1.95. The Morgan fingerprint density at radius 3 is 2.39 bits per heavy atom. The predicted molar refractivity (Wildman–Crippen MR) is 67.9 cm³/mol. The van der Waals surface area contributed by atoms with Crippen LogP contribution >= 0.6 is 0 Å². The van der Waals surface area contributed by atoms with E-state index in [0.29, 0.717) is 12.6 Å². The van der Waals surface area contributed by atoms with Crippen molar-refractivity contribution in [3.8, 4) is 23.1 Å². The van der Waals surface area contributed by atoms with E-state index in [9.17, 15) is 0 Å². The molecule has 0 bridgehead atoms. The first kappa shape index (κ1) is 11.9. The van der Waals surface area contributed by atoms with Crippen LogP contribution in [0.3, 0.4) is 0 Å². The Bertz CT molecular complexity index is 543. The van der Waals surface area contributed by atoms with Crippen LogP contribution in [0, 0.1) is 11.5 Å². The van der Waals surface area contributed by atoms with Crippen molar-refractivity contribution in [2.24, 2.45) is 0 Å². The second kappa shape index (κ2) is 5.64. The zero-order chi connectivity index (χ0) is 12.8. The Kier molecular flexibility index (Phi) is 3.72. The fourth-order valence-corrected chi connectivity index (χ4v) is 1.50. The van der Waals surface area contributed by atoms with Crippen molar-refractivity contribution in [2.45, 2.75) is 6.92 Å². The molecule has 0 aliphatic heterocycles. The third kappa shape index (κ3) is 2.74. The van der Waals surface area contributed by atoms with Crippen LogP contribution in [0.2, 0.25) is 0 Å². The Balaban J connectivity index is 2.18. The molecule has 1 heterocycles. The van der Waals surface area contributed by atoms with Gasteiger partial charge in [-0.25, -0.2) is 9.97 Å². The van der Waals surface area contributed by atoms with Gasteiger partial charge >= 0.3 is 0 Å². The van der Waals surface area contributed by atoms with Gasteiger partial charge in [0.2, 0.25) is 5.95 Å². The van der Waals surface area contributed by atoms with Crippen molar-refractivity contribution in [2.75, 3.05) is 11.9 Å². The second-order valence-electron chi connectivity index (χ2n) is 3.49. The van der Waals surface area contributed by atoms with Gasteiger partial charge in [-0.15, -0.1) is 0 Å². The topological polar surface area (TPSA) is 70.8 Å². The van der Waals surface area contributed by atoms with Gasteiger partial charge in [0.25, 0.3) is 0 Å². The van der Waals surface area contributed by atoms with Gasteiger partial charge in [0.1, 0.15) is 5.75 Å². The summed E-state index contributed by atoms with van der Waals surface area (Å²) in [7, 11) is 0. The molecule has 0 radical (unpaired) electrons. The summed E-state index contributed by atoms with van der Waals surface area (Å²) >= 11 is 0. The van der Waals surface area contributed by atoms with Gasteiger partial charge in [-0.05, 0) is 24.6 Å². The first-order valence-electron chi connectivity index (χ1n) is 5.54. The van der Waals surface area contributed by atoms with Gasteiger partial charge in [0.05, 0.1) is 6.61 Å². The predicted octanol–water partition coefficient (Wildman–Crippen LogP) is 2.44. The molecule has 5 heteroatoms. The van der Waals surface area contributed by atoms with Crippen LogP contribution < -0.4 is 10.1 Å². The lowest BCUT2D eigenvalue weighted by atomic mass is 10.1. The molecule has 1 aromatic heterocycles. The summed E-state index contributed by atoms with van der Waals surface area (Å²) < 4.78 is 5.37. The van der Waals surface area contributed by atoms with Crippen molar-refractivity contribution >= 4 is 5.95 Å². The molecule has 0 spiro atoms. The highest BCUT2D eigenvalue weighted by molar-refractivity contribution is 5.62. The van der Waals surface area contributed by atoms with Gasteiger partial charge in [-0.1, -0.05) is 12.1 Å². The van der Waals surface area contributed by atoms with Crippen LogP contribution in [0.1, 0.15) is 6.92 Å². The van der Waals surface area contributed by atoms with E-state index in [0.717, 1.165) is 16.9 Å². The molecular formula is C13H12N4O. The molecule has 2 aromatic rings. The minimum absolute atomic E-state index is 0.298. The molecule has 18 heavy (non-hydrogen) atoms. The number of nitrogens with one attached hydrogen (secondary N) is 1. The van der Waals surface area contributed by atoms with Crippen LogP contribution in [-0.4, -0.2) is 16.6 Å². The molecule has 0 saturated heterocycles. The number of rotatable bonds is 4. The number of nitrogens with zero attached hydrogens (tertiary/aromatic N) is 3. The maximum absolute atomic E-state index is 8.43. The molecule has 0 amide bonds. The lowest BCUT2D eigenvalue weighted by molar-refractivity contribution is 0.340. The number of nitriles is 1. The quantitative estimate of drug-likeness (QED) is 0.656. The molecule has 0 fully saturated rings. The smallest absolute Gasteiger partial charge is 0.236 e. The third-order valence-electron chi connectivity index (χ3n) is 2.32. The summed E-state index contributed by atoms with van der Waals surface area (Å²) in [6, 6.07) is 7.70. The van der Waals surface area contributed by atoms with Crippen molar-refractivity contribution in [1.29, 1.82) is 5.26 Å². The van der Waals surface area contributed by atoms with Crippen LogP contribution in [0.15, 0.2) is 36.7 Å². The first-order chi connectivity index (χ1) is 8.83. The molecule has 90 valence electrons. The van der Waals surface area contributed by atoms with E-state index >= 15 is 0 Å². The highest BCUT2D eigenvalue weighted by Crippen LogP contribution is 2.21. The molecule has 0 saturated carbocycles. The fourth-order valence-electron chi connectivity index (χ4n) is 1.50. The van der Waals surface area contributed by atoms with E-state index in [1.807, 2.05) is 31.2 Å². The van der Waals surface area contributed by atoms with Crippen LogP contribution in [0.4, 0.5) is 5.95 Å². The first-order valence-corrected chi connectivity index (χ1v) is 5.54. The zero-order valence-electron chi connectivity index (χ0n) is 9.92. The Hall–Kier alpha value is -2.61. The summed E-state index contributed by atoms with van der Waals surface area (Å²) in [5.41, 5.74) is 1.89. The number of benzene rings is 1. The molecular weight excluding hydrogens is 228 g/mol. The summed E-state index contributed by atoms with van der Waals surface area (Å²) in [6.07, 6.45) is 5.11. The molecule has 0 aliphatic carbocycles. The van der Waals surface area contributed by atoms with Crippen molar-refractivity contribution in [3.63, 3.8) is 0 Å². The Labute approximate surface area is 105 Å². The van der Waals surface area contributed by atoms with Crippen LogP contribution in [0.25, 0.3) is 11.1 Å². The maximum Gasteiger partial charge on any atom is 0.236 e. The van der Waals surface area contributed by atoms with Crippen molar-refractivity contribution in [3.05, 3.63) is 36.7 Å². The minimum Gasteiger partial charge on any atom is -0.494 e. The van der Waals surface area contributed by atoms with Crippen molar-refractivity contribution in [1.82, 2.24) is 9.97 Å². The third-order valence-corrected chi connectivity index (χ3v) is 2.32. The minimum atomic E-state index is 0.298. The average Bonchev–Trinajstić information content (AvgIpc) is 2.41. The fraction of sp³-hybridized carbons (Fsp3) is 0.154. The lowest BCUT2D eigenvalue weighted by Gasteiger charge is -2.05. The number of hydrogen-bond donors (Lipinski definition) is 1. The molecule has 0 atom stereocenters. The number of aromatic nitrogens is 2. The van der Waals surface area contributed by atoms with E-state index in [4.69, 9.17) is 10.00 Å². The van der Waals surface area contributed by atoms with E-state index in [1.165, 1.54) is 0 Å². The van der Waals surface area contributed by atoms with E-state index in [1.54, 1.807) is 18.6 Å². The van der Waals surface area contributed by atoms with Crippen LogP contribution in [-0.2, 0) is 0 Å². The van der Waals surface area contributed by atoms with Gasteiger partial charge in [0.15, 0.2) is 6.19 Å². The van der Waals surface area contributed by atoms with E-state index in [2.05, 4.69) is 15.3 Å². The average molecular weight is 240 g/mol. The maximum atomic E-state index is 8.43. The van der Waals surface area contributed by atoms with E-state index < -0.39 is 0 Å². The summed E-state index contributed by atoms with van der Waals surface area (Å²) in [4.78, 5) is 8.06. The monoisotopic (exact) mass is 240 g/mol. The second-order valence-corrected chi connectivity index (χ2v) is 3.49. The van der Waals surface area contributed by atoms with Gasteiger partial charge in [-0.3, -0.25) is 5.32 Å². The summed E-state index contributed by atoms with van der Waals surface area (Å²) in [5.74, 6) is 1.14. The Morgan fingerprint density at radius 1 is 1.17 bits per heavy atom. The highest BCUT2D eigenvalue weighted by atomic mass is 16.5. The van der Waals surface area contributed by atoms with E-state index in [-0.39, 0.29) is 0 Å². The molecule has 5 nitrogen and oxygen atoms in total. The molecule has 1 N–H and O–H groups in total. The number of hydrogen-bond acceptors (Lipinski definition) is 5. The van der Waals surface area contributed by atoms with Crippen molar-refractivity contribution < 1.29 is 4.74 Å². The molecule has 0 unspecified atom stereocenters. The zero-order valence-corrected chi connectivity index (χ0v) is 9.92. The normalized spacial score (nSPS) is 9.56. The standard InChI is InChI=1S/C13H12N4O/c1-2-18-12-5-3-10(4-6-12)11-7-15-13(16-8-11)17-9-14/h3-8H,2H2,1H3,(H,15,16,17). The van der Waals surface area contributed by atoms with Gasteiger partial charge in [0, 0.05) is 18.0 Å². The summed E-state index contributed by atoms with van der Waals surface area (Å²) in [6.45, 7) is 2.60. The largest absolute Gasteiger partial charge is 0.494 e. The Morgan fingerprint density at radius 2 is 1.83 bits per heavy atom.